The Labute approximate surface area is 186 Å². The van der Waals surface area contributed by atoms with E-state index in [1.807, 2.05) is 29.9 Å². The van der Waals surface area contributed by atoms with Crippen molar-refractivity contribution in [2.75, 3.05) is 13.1 Å². The topological polar surface area (TPSA) is 62.6 Å². The molecule has 170 valence electrons. The Hall–Kier alpha value is -2.12. The van der Waals surface area contributed by atoms with Crippen LogP contribution in [0.2, 0.25) is 0 Å². The first-order valence-electron chi connectivity index (χ1n) is 11.2. The molecule has 1 heterocycles. The monoisotopic (exact) mass is 445 g/mol. The van der Waals surface area contributed by atoms with Crippen LogP contribution < -0.4 is 0 Å². The molecule has 3 rings (SSSR count). The van der Waals surface area contributed by atoms with Gasteiger partial charge in [-0.15, -0.1) is 0 Å². The van der Waals surface area contributed by atoms with Crippen LogP contribution in [0.5, 0.6) is 0 Å². The first-order valence-corrected chi connectivity index (χ1v) is 12.7. The molecule has 0 N–H and O–H groups in total. The van der Waals surface area contributed by atoms with Gasteiger partial charge >= 0.3 is 0 Å². The van der Waals surface area contributed by atoms with Crippen molar-refractivity contribution in [1.29, 1.82) is 0 Å². The zero-order valence-corrected chi connectivity index (χ0v) is 19.7. The molecule has 0 saturated heterocycles. The van der Waals surface area contributed by atoms with Crippen molar-refractivity contribution in [3.05, 3.63) is 54.4 Å². The van der Waals surface area contributed by atoms with E-state index in [-0.39, 0.29) is 29.3 Å². The summed E-state index contributed by atoms with van der Waals surface area (Å²) in [5.41, 5.74) is 1.03. The molecule has 1 aliphatic carbocycles. The van der Waals surface area contributed by atoms with Crippen molar-refractivity contribution in [1.82, 2.24) is 13.8 Å². The summed E-state index contributed by atoms with van der Waals surface area (Å²) in [6.07, 6.45) is 6.69. The van der Waals surface area contributed by atoms with Crippen LogP contribution in [0.3, 0.4) is 0 Å². The summed E-state index contributed by atoms with van der Waals surface area (Å²) in [4.78, 5) is 15.5. The molecule has 1 aromatic carbocycles. The van der Waals surface area contributed by atoms with Gasteiger partial charge in [-0.1, -0.05) is 51.3 Å². The predicted molar refractivity (Wildman–Crippen MR) is 123 cm³/mol. The molecule has 1 fully saturated rings. The molecular weight excluding hydrogens is 410 g/mol. The van der Waals surface area contributed by atoms with Gasteiger partial charge in [0.15, 0.2) is 0 Å². The number of sulfonamides is 1. The number of hydrogen-bond donors (Lipinski definition) is 0. The summed E-state index contributed by atoms with van der Waals surface area (Å²) in [5, 5.41) is 0. The van der Waals surface area contributed by atoms with E-state index in [9.17, 15) is 13.2 Å². The van der Waals surface area contributed by atoms with E-state index in [1.165, 1.54) is 4.31 Å². The van der Waals surface area contributed by atoms with Crippen molar-refractivity contribution < 1.29 is 13.2 Å². The van der Waals surface area contributed by atoms with Gasteiger partial charge in [0.05, 0.1) is 18.0 Å². The Morgan fingerprint density at radius 3 is 2.32 bits per heavy atom. The Kier molecular flexibility index (Phi) is 7.94. The Morgan fingerprint density at radius 2 is 1.74 bits per heavy atom. The molecule has 1 saturated carbocycles. The summed E-state index contributed by atoms with van der Waals surface area (Å²) in [6.45, 7) is 5.10. The molecule has 0 aliphatic heterocycles. The fraction of sp³-hybridized carbons (Fsp3) is 0.542. The normalized spacial score (nSPS) is 15.5. The summed E-state index contributed by atoms with van der Waals surface area (Å²) >= 11 is 0. The zero-order valence-electron chi connectivity index (χ0n) is 18.9. The van der Waals surface area contributed by atoms with Crippen molar-refractivity contribution in [2.45, 2.75) is 63.4 Å². The van der Waals surface area contributed by atoms with Crippen LogP contribution in [-0.2, 0) is 28.4 Å². The molecule has 31 heavy (non-hydrogen) atoms. The average molecular weight is 446 g/mol. The molecule has 6 nitrogen and oxygen atoms in total. The lowest BCUT2D eigenvalue weighted by Gasteiger charge is -2.35. The summed E-state index contributed by atoms with van der Waals surface area (Å²) < 4.78 is 30.5. The number of carbonyl (C=O) groups excluding carboxylic acids is 1. The molecule has 0 radical (unpaired) electrons. The Balaban J connectivity index is 1.87. The molecule has 0 spiro atoms. The standard InChI is InChI=1S/C24H35N3O3S/c1-20(2)17-26(18-22-13-10-16-25(22)3)24(28)19-27(21-11-6-4-7-12-21)31(29,30)23-14-8-5-9-15-23/h5,8-10,13-16,20-21H,4,6-7,11-12,17-19H2,1-3H3. The zero-order chi connectivity index (χ0) is 22.4. The first-order chi connectivity index (χ1) is 14.8. The van der Waals surface area contributed by atoms with Gasteiger partial charge in [-0.25, -0.2) is 8.42 Å². The van der Waals surface area contributed by atoms with E-state index in [0.29, 0.717) is 13.1 Å². The number of nitrogens with zero attached hydrogens (tertiary/aromatic N) is 3. The highest BCUT2D eigenvalue weighted by molar-refractivity contribution is 7.89. The van der Waals surface area contributed by atoms with Crippen LogP contribution in [-0.4, -0.2) is 47.2 Å². The van der Waals surface area contributed by atoms with E-state index in [1.54, 1.807) is 35.2 Å². The number of carbonyl (C=O) groups is 1. The van der Waals surface area contributed by atoms with Crippen LogP contribution in [0.1, 0.15) is 51.6 Å². The van der Waals surface area contributed by atoms with Gasteiger partial charge in [0.2, 0.25) is 15.9 Å². The minimum absolute atomic E-state index is 0.112. The molecule has 0 bridgehead atoms. The lowest BCUT2D eigenvalue weighted by molar-refractivity contribution is -0.133. The Morgan fingerprint density at radius 1 is 1.06 bits per heavy atom. The molecular formula is C24H35N3O3S. The number of benzene rings is 1. The molecule has 1 aliphatic rings. The Bertz CT molecular complexity index is 947. The van der Waals surface area contributed by atoms with E-state index < -0.39 is 10.0 Å². The number of amides is 1. The second kappa shape index (κ2) is 10.5. The van der Waals surface area contributed by atoms with Crippen molar-refractivity contribution in [3.63, 3.8) is 0 Å². The average Bonchev–Trinajstić information content (AvgIpc) is 3.16. The number of aromatic nitrogens is 1. The maximum absolute atomic E-state index is 13.5. The minimum atomic E-state index is -3.75. The lowest BCUT2D eigenvalue weighted by atomic mass is 9.95. The summed E-state index contributed by atoms with van der Waals surface area (Å²) in [6, 6.07) is 12.3. The third-order valence-electron chi connectivity index (χ3n) is 5.97. The van der Waals surface area contributed by atoms with Gasteiger partial charge in [0, 0.05) is 31.5 Å². The SMILES string of the molecule is CC(C)CN(Cc1cccn1C)C(=O)CN(C1CCCCC1)S(=O)(=O)c1ccccc1. The van der Waals surface area contributed by atoms with Gasteiger partial charge in [0.1, 0.15) is 0 Å². The van der Waals surface area contributed by atoms with Crippen LogP contribution >= 0.6 is 0 Å². The van der Waals surface area contributed by atoms with E-state index in [4.69, 9.17) is 0 Å². The molecule has 2 aromatic rings. The van der Waals surface area contributed by atoms with Gasteiger partial charge in [0.25, 0.3) is 0 Å². The maximum Gasteiger partial charge on any atom is 0.243 e. The highest BCUT2D eigenvalue weighted by Gasteiger charge is 2.35. The van der Waals surface area contributed by atoms with E-state index in [2.05, 4.69) is 13.8 Å². The first kappa shape index (κ1) is 23.5. The molecule has 0 atom stereocenters. The minimum Gasteiger partial charge on any atom is -0.353 e. The van der Waals surface area contributed by atoms with Crippen molar-refractivity contribution >= 4 is 15.9 Å². The maximum atomic E-state index is 13.5. The summed E-state index contributed by atoms with van der Waals surface area (Å²) in [5.74, 6) is 0.151. The van der Waals surface area contributed by atoms with Gasteiger partial charge in [-0.2, -0.15) is 4.31 Å². The molecule has 0 unspecified atom stereocenters. The van der Waals surface area contributed by atoms with Gasteiger partial charge < -0.3 is 9.47 Å². The van der Waals surface area contributed by atoms with Crippen LogP contribution in [0.4, 0.5) is 0 Å². The van der Waals surface area contributed by atoms with Crippen LogP contribution in [0.15, 0.2) is 53.6 Å². The lowest BCUT2D eigenvalue weighted by Crippen LogP contribution is -2.48. The predicted octanol–water partition coefficient (Wildman–Crippen LogP) is 4.03. The number of rotatable bonds is 9. The third-order valence-corrected chi connectivity index (χ3v) is 7.88. The van der Waals surface area contributed by atoms with Crippen molar-refractivity contribution in [3.8, 4) is 0 Å². The largest absolute Gasteiger partial charge is 0.353 e. The second-order valence-electron chi connectivity index (χ2n) is 8.93. The third kappa shape index (κ3) is 5.98. The van der Waals surface area contributed by atoms with Gasteiger partial charge in [-0.05, 0) is 43.0 Å². The second-order valence-corrected chi connectivity index (χ2v) is 10.8. The highest BCUT2D eigenvalue weighted by Crippen LogP contribution is 2.28. The van der Waals surface area contributed by atoms with Crippen LogP contribution in [0, 0.1) is 5.92 Å². The number of aryl methyl sites for hydroxylation is 1. The molecule has 7 heteroatoms. The van der Waals surface area contributed by atoms with Crippen LogP contribution in [0.25, 0.3) is 0 Å². The number of hydrogen-bond acceptors (Lipinski definition) is 3. The summed E-state index contributed by atoms with van der Waals surface area (Å²) in [7, 11) is -1.79. The van der Waals surface area contributed by atoms with E-state index >= 15 is 0 Å². The van der Waals surface area contributed by atoms with Crippen molar-refractivity contribution in [2.24, 2.45) is 13.0 Å². The fourth-order valence-corrected chi connectivity index (χ4v) is 5.95. The smallest absolute Gasteiger partial charge is 0.243 e. The van der Waals surface area contributed by atoms with E-state index in [0.717, 1.165) is 37.8 Å². The molecule has 1 aromatic heterocycles. The highest BCUT2D eigenvalue weighted by atomic mass is 32.2. The van der Waals surface area contributed by atoms with Gasteiger partial charge in [-0.3, -0.25) is 4.79 Å². The molecule has 1 amide bonds. The fourth-order valence-electron chi connectivity index (χ4n) is 4.29. The quantitative estimate of drug-likeness (QED) is 0.585.